The summed E-state index contributed by atoms with van der Waals surface area (Å²) in [4.78, 5) is 2.40. The predicted octanol–water partition coefficient (Wildman–Crippen LogP) is 5.74. The Morgan fingerprint density at radius 2 is 1.50 bits per heavy atom. The number of aromatic hydroxyl groups is 1. The van der Waals surface area contributed by atoms with E-state index in [0.717, 1.165) is 6.42 Å². The molecular weight excluding hydrogens is 294 g/mol. The zero-order valence-electron chi connectivity index (χ0n) is 17.2. The Labute approximate surface area is 150 Å². The first-order chi connectivity index (χ1) is 10.9. The molecule has 0 heterocycles. The summed E-state index contributed by atoms with van der Waals surface area (Å²) >= 11 is 0. The summed E-state index contributed by atoms with van der Waals surface area (Å²) in [6.45, 7) is 14.1. The van der Waals surface area contributed by atoms with Gasteiger partial charge in [0.2, 0.25) is 0 Å². The minimum absolute atomic E-state index is 0.272. The lowest BCUT2D eigenvalue weighted by atomic mass is 9.73. The minimum Gasteiger partial charge on any atom is -0.508 e. The van der Waals surface area contributed by atoms with Crippen molar-refractivity contribution in [1.82, 2.24) is 4.90 Å². The molecule has 2 unspecified atom stereocenters. The highest BCUT2D eigenvalue weighted by Crippen LogP contribution is 2.35. The SMILES string of the molecule is CN(C)C(CCC(C)(C)C)CC(Cc1ccc(O)cc1)C(C)(C)C. The van der Waals surface area contributed by atoms with Crippen LogP contribution in [0.25, 0.3) is 0 Å². The summed E-state index contributed by atoms with van der Waals surface area (Å²) in [6, 6.07) is 8.35. The van der Waals surface area contributed by atoms with E-state index in [-0.39, 0.29) is 5.41 Å². The standard InChI is InChI=1S/C22H39NO/c1-21(2,3)14-13-19(23(7)8)16-18(22(4,5)6)15-17-9-11-20(24)12-10-17/h9-12,18-19,24H,13-16H2,1-8H3. The lowest BCUT2D eigenvalue weighted by Gasteiger charge is -2.37. The highest BCUT2D eigenvalue weighted by Gasteiger charge is 2.29. The summed E-state index contributed by atoms with van der Waals surface area (Å²) < 4.78 is 0. The van der Waals surface area contributed by atoms with Gasteiger partial charge in [0.05, 0.1) is 0 Å². The average molecular weight is 334 g/mol. The summed E-state index contributed by atoms with van der Waals surface area (Å²) in [7, 11) is 4.43. The molecule has 0 aliphatic rings. The first-order valence-electron chi connectivity index (χ1n) is 9.33. The molecular formula is C22H39NO. The molecule has 0 bridgehead atoms. The first kappa shape index (κ1) is 21.0. The lowest BCUT2D eigenvalue weighted by molar-refractivity contribution is 0.146. The van der Waals surface area contributed by atoms with Crippen molar-refractivity contribution in [1.29, 1.82) is 0 Å². The molecule has 1 aromatic rings. The fourth-order valence-corrected chi connectivity index (χ4v) is 3.17. The second-order valence-electron chi connectivity index (χ2n) is 9.89. The van der Waals surface area contributed by atoms with Crippen LogP contribution in [-0.4, -0.2) is 30.1 Å². The molecule has 1 aromatic carbocycles. The second kappa shape index (κ2) is 8.38. The molecule has 0 saturated carbocycles. The van der Waals surface area contributed by atoms with Crippen molar-refractivity contribution < 1.29 is 5.11 Å². The van der Waals surface area contributed by atoms with Crippen molar-refractivity contribution >= 4 is 0 Å². The van der Waals surface area contributed by atoms with Crippen LogP contribution < -0.4 is 0 Å². The van der Waals surface area contributed by atoms with Crippen LogP contribution in [0.2, 0.25) is 0 Å². The summed E-state index contributed by atoms with van der Waals surface area (Å²) in [5.74, 6) is 0.969. The monoisotopic (exact) mass is 333 g/mol. The number of benzene rings is 1. The molecule has 0 fully saturated rings. The molecule has 0 aliphatic heterocycles. The van der Waals surface area contributed by atoms with Crippen LogP contribution in [0.1, 0.15) is 66.4 Å². The quantitative estimate of drug-likeness (QED) is 0.687. The maximum atomic E-state index is 9.51. The number of hydrogen-bond acceptors (Lipinski definition) is 2. The van der Waals surface area contributed by atoms with Crippen LogP contribution in [0.5, 0.6) is 5.75 Å². The summed E-state index contributed by atoms with van der Waals surface area (Å²) in [5.41, 5.74) is 1.98. The normalized spacial score (nSPS) is 15.5. The predicted molar refractivity (Wildman–Crippen MR) is 106 cm³/mol. The molecule has 0 spiro atoms. The molecule has 0 aliphatic carbocycles. The maximum absolute atomic E-state index is 9.51. The number of hydrogen-bond donors (Lipinski definition) is 1. The van der Waals surface area contributed by atoms with E-state index in [2.05, 4.69) is 72.7 Å². The van der Waals surface area contributed by atoms with Gasteiger partial charge in [-0.2, -0.15) is 0 Å². The topological polar surface area (TPSA) is 23.5 Å². The van der Waals surface area contributed by atoms with Gasteiger partial charge < -0.3 is 10.0 Å². The highest BCUT2D eigenvalue weighted by molar-refractivity contribution is 5.26. The number of rotatable bonds is 7. The second-order valence-corrected chi connectivity index (χ2v) is 9.89. The largest absolute Gasteiger partial charge is 0.508 e. The zero-order valence-corrected chi connectivity index (χ0v) is 17.2. The Morgan fingerprint density at radius 3 is 1.92 bits per heavy atom. The van der Waals surface area contributed by atoms with E-state index in [1.807, 2.05) is 0 Å². The van der Waals surface area contributed by atoms with Gasteiger partial charge >= 0.3 is 0 Å². The van der Waals surface area contributed by atoms with Gasteiger partial charge in [-0.15, -0.1) is 0 Å². The van der Waals surface area contributed by atoms with Crippen LogP contribution in [-0.2, 0) is 6.42 Å². The van der Waals surface area contributed by atoms with Gasteiger partial charge in [-0.05, 0) is 74.2 Å². The van der Waals surface area contributed by atoms with Crippen LogP contribution in [0.3, 0.4) is 0 Å². The lowest BCUT2D eigenvalue weighted by Crippen LogP contribution is -2.35. The number of phenols is 1. The fourth-order valence-electron chi connectivity index (χ4n) is 3.17. The summed E-state index contributed by atoms with van der Waals surface area (Å²) in [5, 5.41) is 9.51. The van der Waals surface area contributed by atoms with Crippen LogP contribution in [0.4, 0.5) is 0 Å². The van der Waals surface area contributed by atoms with Gasteiger partial charge in [0.1, 0.15) is 5.75 Å². The molecule has 24 heavy (non-hydrogen) atoms. The average Bonchev–Trinajstić information content (AvgIpc) is 2.41. The molecule has 2 atom stereocenters. The molecule has 0 saturated heterocycles. The smallest absolute Gasteiger partial charge is 0.115 e. The number of nitrogens with zero attached hydrogens (tertiary/aromatic N) is 1. The zero-order chi connectivity index (χ0) is 18.5. The van der Waals surface area contributed by atoms with Gasteiger partial charge in [-0.1, -0.05) is 53.7 Å². The molecule has 1 N–H and O–H groups in total. The van der Waals surface area contributed by atoms with Crippen molar-refractivity contribution in [3.05, 3.63) is 29.8 Å². The van der Waals surface area contributed by atoms with Crippen LogP contribution >= 0.6 is 0 Å². The molecule has 2 nitrogen and oxygen atoms in total. The van der Waals surface area contributed by atoms with Crippen molar-refractivity contribution in [3.8, 4) is 5.75 Å². The van der Waals surface area contributed by atoms with Crippen molar-refractivity contribution in [2.45, 2.75) is 73.3 Å². The minimum atomic E-state index is 0.272. The molecule has 0 amide bonds. The van der Waals surface area contributed by atoms with Crippen molar-refractivity contribution in [2.75, 3.05) is 14.1 Å². The van der Waals surface area contributed by atoms with Gasteiger partial charge in [0, 0.05) is 6.04 Å². The first-order valence-corrected chi connectivity index (χ1v) is 9.33. The van der Waals surface area contributed by atoms with E-state index in [9.17, 15) is 5.11 Å². The molecule has 2 heteroatoms. The van der Waals surface area contributed by atoms with E-state index < -0.39 is 0 Å². The third-order valence-corrected chi connectivity index (χ3v) is 5.16. The van der Waals surface area contributed by atoms with Gasteiger partial charge in [0.25, 0.3) is 0 Å². The molecule has 138 valence electrons. The Hall–Kier alpha value is -1.02. The molecule has 0 radical (unpaired) electrons. The van der Waals surface area contributed by atoms with Gasteiger partial charge in [-0.25, -0.2) is 0 Å². The number of phenolic OH excluding ortho intramolecular Hbond substituents is 1. The third-order valence-electron chi connectivity index (χ3n) is 5.16. The van der Waals surface area contributed by atoms with Crippen LogP contribution in [0.15, 0.2) is 24.3 Å². The Balaban J connectivity index is 2.84. The molecule has 1 rings (SSSR count). The maximum Gasteiger partial charge on any atom is 0.115 e. The van der Waals surface area contributed by atoms with E-state index in [1.165, 1.54) is 24.8 Å². The van der Waals surface area contributed by atoms with Gasteiger partial charge in [-0.3, -0.25) is 0 Å². The Morgan fingerprint density at radius 1 is 0.958 bits per heavy atom. The van der Waals surface area contributed by atoms with Crippen molar-refractivity contribution in [2.24, 2.45) is 16.7 Å². The highest BCUT2D eigenvalue weighted by atomic mass is 16.3. The summed E-state index contributed by atoms with van der Waals surface area (Å²) in [6.07, 6.45) is 4.79. The van der Waals surface area contributed by atoms with E-state index in [0.29, 0.717) is 23.1 Å². The van der Waals surface area contributed by atoms with Gasteiger partial charge in [0.15, 0.2) is 0 Å². The third kappa shape index (κ3) is 7.70. The van der Waals surface area contributed by atoms with E-state index in [1.54, 1.807) is 12.1 Å². The Kier molecular flexibility index (Phi) is 7.34. The Bertz CT molecular complexity index is 476. The van der Waals surface area contributed by atoms with Crippen LogP contribution in [0, 0.1) is 16.7 Å². The fraction of sp³-hybridized carbons (Fsp3) is 0.727. The van der Waals surface area contributed by atoms with E-state index in [4.69, 9.17) is 0 Å². The molecule has 0 aromatic heterocycles. The van der Waals surface area contributed by atoms with Crippen molar-refractivity contribution in [3.63, 3.8) is 0 Å². The van der Waals surface area contributed by atoms with E-state index >= 15 is 0 Å².